The first-order valence-corrected chi connectivity index (χ1v) is 20.2. The molecule has 0 saturated carbocycles. The Labute approximate surface area is 331 Å². The Kier molecular flexibility index (Phi) is 7.55. The average molecular weight is 732 g/mol. The molecular weight excluding hydrogens is 695 g/mol. The summed E-state index contributed by atoms with van der Waals surface area (Å²) >= 11 is 1.89. The number of hydrogen-bond donors (Lipinski definition) is 0. The molecule has 1 nitrogen and oxygen atoms in total. The van der Waals surface area contributed by atoms with Gasteiger partial charge < -0.3 is 4.90 Å². The van der Waals surface area contributed by atoms with Crippen molar-refractivity contribution in [3.8, 4) is 33.4 Å². The van der Waals surface area contributed by atoms with Crippen molar-refractivity contribution in [2.45, 2.75) is 12.3 Å². The van der Waals surface area contributed by atoms with Crippen LogP contribution in [-0.4, -0.2) is 0 Å². The Balaban J connectivity index is 1.15. The van der Waals surface area contributed by atoms with Crippen molar-refractivity contribution in [3.63, 3.8) is 0 Å². The molecule has 0 spiro atoms. The van der Waals surface area contributed by atoms with E-state index >= 15 is 0 Å². The lowest BCUT2D eigenvalue weighted by Crippen LogP contribution is -2.23. The van der Waals surface area contributed by atoms with E-state index in [1.165, 1.54) is 86.7 Å². The van der Waals surface area contributed by atoms with Crippen LogP contribution in [0.1, 0.15) is 23.6 Å². The van der Waals surface area contributed by atoms with Crippen LogP contribution in [0, 0.1) is 0 Å². The molecule has 11 rings (SSSR count). The summed E-state index contributed by atoms with van der Waals surface area (Å²) in [7, 11) is 0. The Morgan fingerprint density at radius 3 is 1.64 bits per heavy atom. The lowest BCUT2D eigenvalue weighted by atomic mass is 9.74. The zero-order valence-electron chi connectivity index (χ0n) is 31.0. The topological polar surface area (TPSA) is 3.24 Å². The van der Waals surface area contributed by atoms with Crippen LogP contribution in [0.4, 0.5) is 17.1 Å². The highest BCUT2D eigenvalue weighted by molar-refractivity contribution is 7.26. The number of anilines is 3. The lowest BCUT2D eigenvalue weighted by molar-refractivity contribution is 0.715. The summed E-state index contributed by atoms with van der Waals surface area (Å²) < 4.78 is 2.59. The van der Waals surface area contributed by atoms with E-state index in [9.17, 15) is 0 Å². The van der Waals surface area contributed by atoms with Crippen molar-refractivity contribution < 1.29 is 0 Å². The molecule has 1 aliphatic carbocycles. The third-order valence-electron chi connectivity index (χ3n) is 11.9. The van der Waals surface area contributed by atoms with E-state index in [1.54, 1.807) is 0 Å². The van der Waals surface area contributed by atoms with Gasteiger partial charge in [0.25, 0.3) is 0 Å². The first kappa shape index (κ1) is 32.7. The molecule has 9 aromatic carbocycles. The molecule has 0 radical (unpaired) electrons. The van der Waals surface area contributed by atoms with Crippen LogP contribution in [0.3, 0.4) is 0 Å². The van der Waals surface area contributed by atoms with E-state index in [-0.39, 0.29) is 5.41 Å². The summed E-state index contributed by atoms with van der Waals surface area (Å²) in [4.78, 5) is 2.49. The fourth-order valence-electron chi connectivity index (χ4n) is 9.09. The first-order valence-electron chi connectivity index (χ1n) is 19.3. The van der Waals surface area contributed by atoms with Crippen LogP contribution in [-0.2, 0) is 5.41 Å². The summed E-state index contributed by atoms with van der Waals surface area (Å²) in [6.07, 6.45) is 0. The quantitative estimate of drug-likeness (QED) is 0.165. The van der Waals surface area contributed by atoms with Gasteiger partial charge in [0.1, 0.15) is 0 Å². The first-order chi connectivity index (χ1) is 27.6. The van der Waals surface area contributed by atoms with Crippen molar-refractivity contribution in [1.82, 2.24) is 0 Å². The Morgan fingerprint density at radius 2 is 0.946 bits per heavy atom. The predicted octanol–water partition coefficient (Wildman–Crippen LogP) is 15.3. The van der Waals surface area contributed by atoms with Crippen molar-refractivity contribution in [2.75, 3.05) is 4.90 Å². The second-order valence-electron chi connectivity index (χ2n) is 15.0. The van der Waals surface area contributed by atoms with Crippen molar-refractivity contribution in [1.29, 1.82) is 0 Å². The molecule has 0 amide bonds. The smallest absolute Gasteiger partial charge is 0.0557 e. The fourth-order valence-corrected chi connectivity index (χ4v) is 10.3. The summed E-state index contributed by atoms with van der Waals surface area (Å²) in [6.45, 7) is 2.42. The van der Waals surface area contributed by atoms with Crippen molar-refractivity contribution in [2.24, 2.45) is 0 Å². The Bertz CT molecular complexity index is 3040. The average Bonchev–Trinajstić information content (AvgIpc) is 3.78. The maximum atomic E-state index is 2.49. The van der Waals surface area contributed by atoms with Gasteiger partial charge in [-0.1, -0.05) is 158 Å². The highest BCUT2D eigenvalue weighted by atomic mass is 32.1. The second kappa shape index (κ2) is 12.9. The normalized spacial score (nSPS) is 12.9. The number of nitrogens with zero attached hydrogens (tertiary/aromatic N) is 1. The third-order valence-corrected chi connectivity index (χ3v) is 13.1. The van der Waals surface area contributed by atoms with Gasteiger partial charge in [0.05, 0.1) is 5.69 Å². The van der Waals surface area contributed by atoms with Gasteiger partial charge in [0, 0.05) is 37.0 Å². The minimum absolute atomic E-state index is 0.338. The summed E-state index contributed by atoms with van der Waals surface area (Å²) in [6, 6.07) is 76.1. The molecule has 2 heteroatoms. The van der Waals surface area contributed by atoms with Crippen LogP contribution in [0.5, 0.6) is 0 Å². The SMILES string of the molecule is CC1(c2cc(N(c3ccc(-c4ccccc4)cc3)c3ccc(-c4ccc5ccccc5c4)cc3)c3c(c2)sc2ccccc23)c2ccccc2-c2ccccc21. The second-order valence-corrected chi connectivity index (χ2v) is 16.1. The van der Waals surface area contributed by atoms with E-state index in [4.69, 9.17) is 0 Å². The molecule has 10 aromatic rings. The van der Waals surface area contributed by atoms with Crippen LogP contribution in [0.25, 0.3) is 64.3 Å². The molecule has 0 fully saturated rings. The molecule has 1 aliphatic rings. The zero-order valence-corrected chi connectivity index (χ0v) is 31.8. The summed E-state index contributed by atoms with van der Waals surface area (Å²) in [5.74, 6) is 0. The molecule has 0 aliphatic heterocycles. The zero-order chi connectivity index (χ0) is 37.2. The maximum Gasteiger partial charge on any atom is 0.0557 e. The standard InChI is InChI=1S/C54H37NS/c1-54(48-20-10-7-17-45(48)46-18-8-11-21-49(46)54)42-34-50(53-47-19-9-12-22-51(47)56-52(53)35-42)55(43-29-25-38(26-30-43)36-13-3-2-4-14-36)44-31-27-39(28-32-44)41-24-23-37-15-5-6-16-40(37)33-41/h2-35H,1H3. The van der Waals surface area contributed by atoms with Gasteiger partial charge in [-0.15, -0.1) is 11.3 Å². The molecule has 56 heavy (non-hydrogen) atoms. The third kappa shape index (κ3) is 5.14. The number of rotatable bonds is 6. The van der Waals surface area contributed by atoms with Crippen molar-refractivity contribution >= 4 is 59.3 Å². The van der Waals surface area contributed by atoms with Crippen molar-refractivity contribution in [3.05, 3.63) is 223 Å². The Hall–Kier alpha value is -6.74. The van der Waals surface area contributed by atoms with Crippen LogP contribution in [0.15, 0.2) is 206 Å². The summed E-state index contributed by atoms with van der Waals surface area (Å²) in [5, 5.41) is 5.07. The molecule has 1 heterocycles. The molecule has 0 bridgehead atoms. The Morgan fingerprint density at radius 1 is 0.411 bits per heavy atom. The van der Waals surface area contributed by atoms with E-state index in [1.807, 2.05) is 11.3 Å². The molecule has 1 aromatic heterocycles. The minimum atomic E-state index is -0.338. The van der Waals surface area contributed by atoms with Gasteiger partial charge in [-0.05, 0) is 116 Å². The lowest BCUT2D eigenvalue weighted by Gasteiger charge is -2.32. The molecule has 0 saturated heterocycles. The van der Waals surface area contributed by atoms with Gasteiger partial charge in [0.2, 0.25) is 0 Å². The van der Waals surface area contributed by atoms with Crippen LogP contribution in [0.2, 0.25) is 0 Å². The number of hydrogen-bond acceptors (Lipinski definition) is 2. The van der Waals surface area contributed by atoms with Crippen LogP contribution < -0.4 is 4.90 Å². The van der Waals surface area contributed by atoms with Gasteiger partial charge >= 0.3 is 0 Å². The minimum Gasteiger partial charge on any atom is -0.310 e. The van der Waals surface area contributed by atoms with Gasteiger partial charge in [-0.2, -0.15) is 0 Å². The van der Waals surface area contributed by atoms with E-state index < -0.39 is 0 Å². The van der Waals surface area contributed by atoms with Gasteiger partial charge in [-0.25, -0.2) is 0 Å². The summed E-state index contributed by atoms with van der Waals surface area (Å²) in [5.41, 5.74) is 14.6. The molecule has 264 valence electrons. The molecular formula is C54H37NS. The maximum absolute atomic E-state index is 2.49. The number of benzene rings is 9. The fraction of sp³-hybridized carbons (Fsp3) is 0.0370. The highest BCUT2D eigenvalue weighted by Crippen LogP contribution is 2.55. The monoisotopic (exact) mass is 731 g/mol. The van der Waals surface area contributed by atoms with E-state index in [2.05, 4.69) is 218 Å². The van der Waals surface area contributed by atoms with Gasteiger partial charge in [-0.3, -0.25) is 0 Å². The number of thiophene rings is 1. The van der Waals surface area contributed by atoms with E-state index in [0.29, 0.717) is 0 Å². The predicted molar refractivity (Wildman–Crippen MR) is 240 cm³/mol. The molecule has 0 N–H and O–H groups in total. The van der Waals surface area contributed by atoms with Gasteiger partial charge in [0.15, 0.2) is 0 Å². The number of fused-ring (bicyclic) bond motifs is 7. The van der Waals surface area contributed by atoms with Crippen LogP contribution >= 0.6 is 11.3 Å². The highest BCUT2D eigenvalue weighted by Gasteiger charge is 2.41. The largest absolute Gasteiger partial charge is 0.310 e. The molecule has 0 atom stereocenters. The molecule has 0 unspecified atom stereocenters. The van der Waals surface area contributed by atoms with E-state index in [0.717, 1.165) is 11.4 Å².